The molecule has 156 valence electrons. The number of aromatic hydroxyl groups is 1. The first-order chi connectivity index (χ1) is 14.1. The topological polar surface area (TPSA) is 69.1 Å². The zero-order valence-electron chi connectivity index (χ0n) is 17.0. The maximum absolute atomic E-state index is 13.5. The summed E-state index contributed by atoms with van der Waals surface area (Å²) in [6.07, 6.45) is 2.11. The van der Waals surface area contributed by atoms with Gasteiger partial charge in [-0.05, 0) is 49.6 Å². The summed E-state index contributed by atoms with van der Waals surface area (Å²) in [5.41, 5.74) is 1.81. The number of para-hydroxylation sites is 2. The molecular formula is C22H29FN4O2. The lowest BCUT2D eigenvalue weighted by molar-refractivity contribution is 0.408. The summed E-state index contributed by atoms with van der Waals surface area (Å²) < 4.78 is 19.1. The molecule has 0 spiro atoms. The quantitative estimate of drug-likeness (QED) is 0.513. The monoisotopic (exact) mass is 400 g/mol. The number of piperidine rings is 1. The highest BCUT2D eigenvalue weighted by molar-refractivity contribution is 5.80. The second-order valence-electron chi connectivity index (χ2n) is 7.08. The molecule has 2 aromatic rings. The highest BCUT2D eigenvalue weighted by Crippen LogP contribution is 2.29. The second-order valence-corrected chi connectivity index (χ2v) is 7.08. The fraction of sp³-hybridized carbons (Fsp3) is 0.409. The van der Waals surface area contributed by atoms with Crippen molar-refractivity contribution in [1.29, 1.82) is 0 Å². The van der Waals surface area contributed by atoms with Crippen LogP contribution in [0.4, 0.5) is 10.1 Å². The molecule has 1 aliphatic rings. The average molecular weight is 400 g/mol. The molecule has 1 unspecified atom stereocenters. The van der Waals surface area contributed by atoms with Gasteiger partial charge in [-0.1, -0.05) is 18.2 Å². The number of nitrogens with one attached hydrogen (secondary N) is 2. The van der Waals surface area contributed by atoms with Gasteiger partial charge in [0.15, 0.2) is 17.5 Å². The van der Waals surface area contributed by atoms with Crippen LogP contribution in [0.15, 0.2) is 47.5 Å². The van der Waals surface area contributed by atoms with Crippen molar-refractivity contribution in [1.82, 2.24) is 10.6 Å². The van der Waals surface area contributed by atoms with Crippen LogP contribution < -0.4 is 20.3 Å². The number of hydrogen-bond acceptors (Lipinski definition) is 4. The predicted molar refractivity (Wildman–Crippen MR) is 114 cm³/mol. The van der Waals surface area contributed by atoms with Crippen molar-refractivity contribution in [3.05, 3.63) is 53.8 Å². The third kappa shape index (κ3) is 5.53. The lowest BCUT2D eigenvalue weighted by atomic mass is 10.0. The van der Waals surface area contributed by atoms with Crippen molar-refractivity contribution in [2.45, 2.75) is 32.4 Å². The van der Waals surface area contributed by atoms with Crippen LogP contribution >= 0.6 is 0 Å². The number of phenolic OH excluding ortho intramolecular Hbond substituents is 1. The number of methoxy groups -OCH3 is 1. The molecule has 1 fully saturated rings. The summed E-state index contributed by atoms with van der Waals surface area (Å²) in [5.74, 6) is 0.604. The van der Waals surface area contributed by atoms with Crippen LogP contribution in [-0.4, -0.2) is 43.9 Å². The Bertz CT molecular complexity index is 843. The Morgan fingerprint density at radius 3 is 2.90 bits per heavy atom. The van der Waals surface area contributed by atoms with Gasteiger partial charge < -0.3 is 25.4 Å². The van der Waals surface area contributed by atoms with E-state index in [1.54, 1.807) is 13.2 Å². The highest BCUT2D eigenvalue weighted by atomic mass is 19.1. The summed E-state index contributed by atoms with van der Waals surface area (Å²) in [6, 6.07) is 12.6. The summed E-state index contributed by atoms with van der Waals surface area (Å²) >= 11 is 0. The zero-order valence-corrected chi connectivity index (χ0v) is 17.0. The smallest absolute Gasteiger partial charge is 0.191 e. The molecule has 0 aromatic heterocycles. The van der Waals surface area contributed by atoms with Gasteiger partial charge in [0, 0.05) is 25.7 Å². The number of ether oxygens (including phenoxy) is 1. The maximum Gasteiger partial charge on any atom is 0.191 e. The standard InChI is InChI=1S/C22H29FN4O2/c1-3-24-22(25-14-16-10-11-20(28)18(23)13-16)26-17-7-6-12-27(15-17)19-8-4-5-9-21(19)29-2/h4-5,8-11,13,17,28H,3,6-7,12,14-15H2,1-2H3,(H2,24,25,26). The molecule has 29 heavy (non-hydrogen) atoms. The Balaban J connectivity index is 1.67. The number of aliphatic imine (C=N–C) groups is 1. The Labute approximate surface area is 171 Å². The third-order valence-corrected chi connectivity index (χ3v) is 4.96. The molecule has 0 radical (unpaired) electrons. The van der Waals surface area contributed by atoms with Crippen LogP contribution in [0.3, 0.4) is 0 Å². The molecule has 2 aromatic carbocycles. The number of nitrogens with zero attached hydrogens (tertiary/aromatic N) is 2. The van der Waals surface area contributed by atoms with E-state index in [0.717, 1.165) is 43.9 Å². The van der Waals surface area contributed by atoms with Crippen molar-refractivity contribution in [3.8, 4) is 11.5 Å². The Hall–Kier alpha value is -2.96. The zero-order chi connectivity index (χ0) is 20.6. The molecule has 0 aliphatic carbocycles. The van der Waals surface area contributed by atoms with E-state index in [9.17, 15) is 9.50 Å². The number of rotatable bonds is 6. The summed E-state index contributed by atoms with van der Waals surface area (Å²) in [7, 11) is 1.70. The van der Waals surface area contributed by atoms with E-state index < -0.39 is 5.82 Å². The Morgan fingerprint density at radius 1 is 1.31 bits per heavy atom. The molecule has 3 rings (SSSR count). The predicted octanol–water partition coefficient (Wildman–Crippen LogP) is 3.26. The Kier molecular flexibility index (Phi) is 7.16. The van der Waals surface area contributed by atoms with Crippen molar-refractivity contribution < 1.29 is 14.2 Å². The average Bonchev–Trinajstić information content (AvgIpc) is 2.74. The third-order valence-electron chi connectivity index (χ3n) is 4.96. The summed E-state index contributed by atoms with van der Waals surface area (Å²) in [5, 5.41) is 16.1. The van der Waals surface area contributed by atoms with Crippen LogP contribution in [0.1, 0.15) is 25.3 Å². The van der Waals surface area contributed by atoms with Crippen LogP contribution in [0.25, 0.3) is 0 Å². The van der Waals surface area contributed by atoms with E-state index >= 15 is 0 Å². The van der Waals surface area contributed by atoms with Gasteiger partial charge in [0.1, 0.15) is 5.75 Å². The van der Waals surface area contributed by atoms with Gasteiger partial charge >= 0.3 is 0 Å². The van der Waals surface area contributed by atoms with Gasteiger partial charge in [0.05, 0.1) is 19.3 Å². The number of guanidine groups is 1. The van der Waals surface area contributed by atoms with Gasteiger partial charge in [0.25, 0.3) is 0 Å². The number of phenols is 1. The van der Waals surface area contributed by atoms with E-state index in [-0.39, 0.29) is 11.8 Å². The van der Waals surface area contributed by atoms with Crippen molar-refractivity contribution in [2.24, 2.45) is 4.99 Å². The molecule has 1 aliphatic heterocycles. The van der Waals surface area contributed by atoms with E-state index in [1.165, 1.54) is 12.1 Å². The highest BCUT2D eigenvalue weighted by Gasteiger charge is 2.22. The van der Waals surface area contributed by atoms with Gasteiger partial charge in [-0.25, -0.2) is 9.38 Å². The number of halogens is 1. The van der Waals surface area contributed by atoms with E-state index in [2.05, 4.69) is 26.6 Å². The maximum atomic E-state index is 13.5. The number of anilines is 1. The van der Waals surface area contributed by atoms with Crippen molar-refractivity contribution in [3.63, 3.8) is 0 Å². The normalized spacial score (nSPS) is 17.1. The molecule has 1 saturated heterocycles. The molecule has 0 bridgehead atoms. The summed E-state index contributed by atoms with van der Waals surface area (Å²) in [6.45, 7) is 4.91. The van der Waals surface area contributed by atoms with E-state index in [4.69, 9.17) is 4.74 Å². The molecule has 1 heterocycles. The lowest BCUT2D eigenvalue weighted by Crippen LogP contribution is -2.51. The fourth-order valence-corrected chi connectivity index (χ4v) is 3.54. The molecule has 0 saturated carbocycles. The minimum atomic E-state index is -0.629. The van der Waals surface area contributed by atoms with Gasteiger partial charge in [-0.3, -0.25) is 0 Å². The van der Waals surface area contributed by atoms with Crippen LogP contribution in [-0.2, 0) is 6.54 Å². The first kappa shape index (κ1) is 20.8. The van der Waals surface area contributed by atoms with Gasteiger partial charge in [-0.15, -0.1) is 0 Å². The molecule has 7 heteroatoms. The van der Waals surface area contributed by atoms with Gasteiger partial charge in [-0.2, -0.15) is 0 Å². The van der Waals surface area contributed by atoms with Crippen molar-refractivity contribution in [2.75, 3.05) is 31.6 Å². The lowest BCUT2D eigenvalue weighted by Gasteiger charge is -2.36. The van der Waals surface area contributed by atoms with E-state index in [1.807, 2.05) is 25.1 Å². The van der Waals surface area contributed by atoms with Gasteiger partial charge in [0.2, 0.25) is 0 Å². The summed E-state index contributed by atoms with van der Waals surface area (Å²) in [4.78, 5) is 6.92. The molecule has 0 amide bonds. The number of benzene rings is 2. The number of hydrogen-bond donors (Lipinski definition) is 3. The fourth-order valence-electron chi connectivity index (χ4n) is 3.54. The van der Waals surface area contributed by atoms with Crippen LogP contribution in [0.5, 0.6) is 11.5 Å². The van der Waals surface area contributed by atoms with Crippen LogP contribution in [0, 0.1) is 5.82 Å². The first-order valence-electron chi connectivity index (χ1n) is 10.0. The second kappa shape index (κ2) is 10.0. The molecular weight excluding hydrogens is 371 g/mol. The first-order valence-corrected chi connectivity index (χ1v) is 10.0. The molecule has 1 atom stereocenters. The van der Waals surface area contributed by atoms with Crippen molar-refractivity contribution >= 4 is 11.6 Å². The minimum Gasteiger partial charge on any atom is -0.505 e. The molecule has 6 nitrogen and oxygen atoms in total. The van der Waals surface area contributed by atoms with E-state index in [0.29, 0.717) is 18.1 Å². The Morgan fingerprint density at radius 2 is 2.14 bits per heavy atom. The largest absolute Gasteiger partial charge is 0.505 e. The minimum absolute atomic E-state index is 0.239. The SMILES string of the molecule is CCNC(=NCc1ccc(O)c(F)c1)NC1CCCN(c2ccccc2OC)C1. The molecule has 3 N–H and O–H groups in total. The van der Waals surface area contributed by atoms with Crippen LogP contribution in [0.2, 0.25) is 0 Å².